The van der Waals surface area contributed by atoms with Crippen LogP contribution < -0.4 is 4.74 Å². The number of benzene rings is 1. The molecule has 0 bridgehead atoms. The third-order valence-corrected chi connectivity index (χ3v) is 5.44. The van der Waals surface area contributed by atoms with Crippen LogP contribution in [0.25, 0.3) is 0 Å². The molecule has 0 N–H and O–H groups in total. The van der Waals surface area contributed by atoms with Gasteiger partial charge >= 0.3 is 0 Å². The van der Waals surface area contributed by atoms with Crippen molar-refractivity contribution in [3.05, 3.63) is 29.8 Å². The molecule has 3 rings (SSSR count). The van der Waals surface area contributed by atoms with Crippen LogP contribution in [0.2, 0.25) is 0 Å². The molecule has 1 aliphatic heterocycles. The lowest BCUT2D eigenvalue weighted by molar-refractivity contribution is -0.135. The smallest absolute Gasteiger partial charge is 0.260 e. The second-order valence-electron chi connectivity index (χ2n) is 7.45. The van der Waals surface area contributed by atoms with Crippen LogP contribution in [-0.2, 0) is 4.79 Å². The molecule has 2 fully saturated rings. The molecule has 4 heteroatoms. The minimum atomic E-state index is 0.105. The highest BCUT2D eigenvalue weighted by molar-refractivity contribution is 5.77. The molecular weight excluding hydrogens is 300 g/mol. The molecule has 132 valence electrons. The minimum absolute atomic E-state index is 0.105. The Balaban J connectivity index is 1.43. The molecule has 4 nitrogen and oxygen atoms in total. The Hall–Kier alpha value is -1.55. The van der Waals surface area contributed by atoms with E-state index in [1.165, 1.54) is 25.7 Å². The average molecular weight is 330 g/mol. The van der Waals surface area contributed by atoms with Gasteiger partial charge < -0.3 is 9.64 Å². The van der Waals surface area contributed by atoms with E-state index in [1.807, 2.05) is 36.1 Å². The van der Waals surface area contributed by atoms with Crippen molar-refractivity contribution < 1.29 is 9.53 Å². The van der Waals surface area contributed by atoms with Gasteiger partial charge in [0, 0.05) is 32.2 Å². The molecule has 1 aromatic carbocycles. The maximum absolute atomic E-state index is 12.4. The van der Waals surface area contributed by atoms with Crippen LogP contribution in [0.4, 0.5) is 0 Å². The van der Waals surface area contributed by atoms with Crippen molar-refractivity contribution in [2.75, 3.05) is 32.8 Å². The summed E-state index contributed by atoms with van der Waals surface area (Å²) in [5.41, 5.74) is 1.15. The van der Waals surface area contributed by atoms with Gasteiger partial charge in [-0.2, -0.15) is 0 Å². The third-order valence-electron chi connectivity index (χ3n) is 5.44. The normalized spacial score (nSPS) is 25.5. The summed E-state index contributed by atoms with van der Waals surface area (Å²) in [6, 6.07) is 8.59. The number of piperazine rings is 1. The number of aryl methyl sites for hydroxylation is 1. The zero-order valence-electron chi connectivity index (χ0n) is 15.0. The SMILES string of the molecule is Cc1cccc(OCC(=O)N2CCN([C@@H]3CCC[C@H](C)C3)CC2)c1. The van der Waals surface area contributed by atoms with E-state index in [0.717, 1.165) is 49.5 Å². The molecule has 1 aromatic rings. The first kappa shape index (κ1) is 17.3. The molecule has 1 aliphatic carbocycles. The minimum Gasteiger partial charge on any atom is -0.484 e. The van der Waals surface area contributed by atoms with Crippen molar-refractivity contribution in [2.24, 2.45) is 5.92 Å². The van der Waals surface area contributed by atoms with E-state index in [9.17, 15) is 4.79 Å². The highest BCUT2D eigenvalue weighted by Crippen LogP contribution is 2.27. The van der Waals surface area contributed by atoms with Crippen LogP contribution in [0.1, 0.15) is 38.2 Å². The second-order valence-corrected chi connectivity index (χ2v) is 7.45. The van der Waals surface area contributed by atoms with Crippen LogP contribution in [0.5, 0.6) is 5.75 Å². The van der Waals surface area contributed by atoms with Gasteiger partial charge in [-0.3, -0.25) is 9.69 Å². The largest absolute Gasteiger partial charge is 0.484 e. The zero-order chi connectivity index (χ0) is 16.9. The highest BCUT2D eigenvalue weighted by Gasteiger charge is 2.28. The number of hydrogen-bond donors (Lipinski definition) is 0. The summed E-state index contributed by atoms with van der Waals surface area (Å²) >= 11 is 0. The average Bonchev–Trinajstić information content (AvgIpc) is 2.60. The number of hydrogen-bond acceptors (Lipinski definition) is 3. The number of amides is 1. The van der Waals surface area contributed by atoms with Gasteiger partial charge in [0.2, 0.25) is 0 Å². The molecule has 1 saturated heterocycles. The molecule has 0 radical (unpaired) electrons. The Labute approximate surface area is 145 Å². The van der Waals surface area contributed by atoms with E-state index in [4.69, 9.17) is 4.74 Å². The summed E-state index contributed by atoms with van der Waals surface area (Å²) in [4.78, 5) is 16.9. The monoisotopic (exact) mass is 330 g/mol. The maximum Gasteiger partial charge on any atom is 0.260 e. The van der Waals surface area contributed by atoms with Gasteiger partial charge in [-0.1, -0.05) is 31.9 Å². The predicted octanol–water partition coefficient (Wildman–Crippen LogP) is 3.10. The lowest BCUT2D eigenvalue weighted by atomic mass is 9.86. The van der Waals surface area contributed by atoms with Crippen molar-refractivity contribution in [1.82, 2.24) is 9.80 Å². The second kappa shape index (κ2) is 8.02. The summed E-state index contributed by atoms with van der Waals surface area (Å²) in [6.45, 7) is 8.22. The summed E-state index contributed by atoms with van der Waals surface area (Å²) in [5, 5.41) is 0. The Bertz CT molecular complexity index is 552. The quantitative estimate of drug-likeness (QED) is 0.850. The molecule has 24 heavy (non-hydrogen) atoms. The fourth-order valence-corrected chi connectivity index (χ4v) is 4.01. The Kier molecular flexibility index (Phi) is 5.77. The van der Waals surface area contributed by atoms with Crippen LogP contribution in [0, 0.1) is 12.8 Å². The van der Waals surface area contributed by atoms with E-state index >= 15 is 0 Å². The van der Waals surface area contributed by atoms with Crippen molar-refractivity contribution in [3.63, 3.8) is 0 Å². The van der Waals surface area contributed by atoms with E-state index in [2.05, 4.69) is 11.8 Å². The molecule has 2 atom stereocenters. The van der Waals surface area contributed by atoms with Gasteiger partial charge in [0.05, 0.1) is 0 Å². The molecule has 2 aliphatic rings. The number of ether oxygens (including phenoxy) is 1. The van der Waals surface area contributed by atoms with Gasteiger partial charge in [-0.15, -0.1) is 0 Å². The first-order chi connectivity index (χ1) is 11.6. The lowest BCUT2D eigenvalue weighted by Crippen LogP contribution is -2.53. The predicted molar refractivity (Wildman–Crippen MR) is 96.2 cm³/mol. The van der Waals surface area contributed by atoms with Gasteiger partial charge in [-0.05, 0) is 43.4 Å². The molecule has 0 aromatic heterocycles. The molecular formula is C20H30N2O2. The summed E-state index contributed by atoms with van der Waals surface area (Å²) < 4.78 is 5.65. The highest BCUT2D eigenvalue weighted by atomic mass is 16.5. The Morgan fingerprint density at radius 3 is 2.71 bits per heavy atom. The fourth-order valence-electron chi connectivity index (χ4n) is 4.01. The third kappa shape index (κ3) is 4.50. The zero-order valence-corrected chi connectivity index (χ0v) is 15.0. The lowest BCUT2D eigenvalue weighted by Gasteiger charge is -2.42. The number of nitrogens with zero attached hydrogens (tertiary/aromatic N) is 2. The fraction of sp³-hybridized carbons (Fsp3) is 0.650. The van der Waals surface area contributed by atoms with E-state index in [-0.39, 0.29) is 12.5 Å². The number of carbonyl (C=O) groups is 1. The van der Waals surface area contributed by atoms with E-state index in [1.54, 1.807) is 0 Å². The van der Waals surface area contributed by atoms with Crippen LogP contribution in [-0.4, -0.2) is 54.5 Å². The van der Waals surface area contributed by atoms with E-state index < -0.39 is 0 Å². The molecule has 0 spiro atoms. The number of carbonyl (C=O) groups excluding carboxylic acids is 1. The topological polar surface area (TPSA) is 32.8 Å². The summed E-state index contributed by atoms with van der Waals surface area (Å²) in [5.74, 6) is 1.73. The van der Waals surface area contributed by atoms with Crippen LogP contribution in [0.15, 0.2) is 24.3 Å². The van der Waals surface area contributed by atoms with Crippen molar-refractivity contribution >= 4 is 5.91 Å². The first-order valence-corrected chi connectivity index (χ1v) is 9.33. The maximum atomic E-state index is 12.4. The van der Waals surface area contributed by atoms with E-state index in [0.29, 0.717) is 0 Å². The van der Waals surface area contributed by atoms with Crippen molar-refractivity contribution in [1.29, 1.82) is 0 Å². The summed E-state index contributed by atoms with van der Waals surface area (Å²) in [7, 11) is 0. The molecule has 0 unspecified atom stereocenters. The Morgan fingerprint density at radius 2 is 2.00 bits per heavy atom. The van der Waals surface area contributed by atoms with Crippen molar-refractivity contribution in [2.45, 2.75) is 45.6 Å². The molecule has 1 amide bonds. The standard InChI is InChI=1S/C20H30N2O2/c1-16-5-3-7-18(13-16)21-9-11-22(12-10-21)20(23)15-24-19-8-4-6-17(2)14-19/h4,6,8,14,16,18H,3,5,7,9-13,15H2,1-2H3/t16-,18+/m0/s1. The summed E-state index contributed by atoms with van der Waals surface area (Å²) in [6.07, 6.45) is 5.39. The van der Waals surface area contributed by atoms with Crippen LogP contribution in [0.3, 0.4) is 0 Å². The molecule has 1 heterocycles. The van der Waals surface area contributed by atoms with Crippen molar-refractivity contribution in [3.8, 4) is 5.75 Å². The first-order valence-electron chi connectivity index (χ1n) is 9.33. The van der Waals surface area contributed by atoms with Gasteiger partial charge in [-0.25, -0.2) is 0 Å². The Morgan fingerprint density at radius 1 is 1.21 bits per heavy atom. The number of rotatable bonds is 4. The van der Waals surface area contributed by atoms with Gasteiger partial charge in [0.1, 0.15) is 5.75 Å². The van der Waals surface area contributed by atoms with Crippen LogP contribution >= 0.6 is 0 Å². The van der Waals surface area contributed by atoms with Gasteiger partial charge in [0.25, 0.3) is 5.91 Å². The molecule has 1 saturated carbocycles. The van der Waals surface area contributed by atoms with Gasteiger partial charge in [0.15, 0.2) is 6.61 Å².